The Hall–Kier alpha value is -2.39. The maximum atomic E-state index is 12.7. The number of benzene rings is 1. The molecule has 0 aliphatic carbocycles. The van der Waals surface area contributed by atoms with Gasteiger partial charge in [-0.2, -0.15) is 0 Å². The molecule has 0 saturated carbocycles. The Morgan fingerprint density at radius 3 is 2.73 bits per heavy atom. The summed E-state index contributed by atoms with van der Waals surface area (Å²) in [5.41, 5.74) is 0.610. The minimum atomic E-state index is -3.69. The number of thiophene rings is 1. The Balaban J connectivity index is 1.77. The second-order valence-corrected chi connectivity index (χ2v) is 8.90. The third kappa shape index (κ3) is 4.05. The van der Waals surface area contributed by atoms with Crippen LogP contribution < -0.4 is 4.72 Å². The number of amides is 1. The molecule has 26 heavy (non-hydrogen) atoms. The predicted molar refractivity (Wildman–Crippen MR) is 97.8 cm³/mol. The summed E-state index contributed by atoms with van der Waals surface area (Å²) in [5.74, 6) is -1.76. The largest absolute Gasteiger partial charge is 0.481 e. The number of rotatable bonds is 5. The minimum Gasteiger partial charge on any atom is -0.481 e. The van der Waals surface area contributed by atoms with E-state index >= 15 is 0 Å². The number of likely N-dealkylation sites (tertiary alicyclic amines) is 1. The van der Waals surface area contributed by atoms with E-state index in [1.807, 2.05) is 0 Å². The van der Waals surface area contributed by atoms with Crippen molar-refractivity contribution in [3.8, 4) is 0 Å². The van der Waals surface area contributed by atoms with Gasteiger partial charge in [0, 0.05) is 24.3 Å². The van der Waals surface area contributed by atoms with Crippen LogP contribution in [0.2, 0.25) is 0 Å². The van der Waals surface area contributed by atoms with Crippen LogP contribution in [0.4, 0.5) is 5.69 Å². The first kappa shape index (κ1) is 18.4. The molecule has 138 valence electrons. The van der Waals surface area contributed by atoms with E-state index in [4.69, 9.17) is 5.11 Å². The lowest BCUT2D eigenvalue weighted by molar-refractivity contribution is -0.143. The molecule has 1 aromatic heterocycles. The second-order valence-electron chi connectivity index (χ2n) is 6.05. The van der Waals surface area contributed by atoms with E-state index in [0.29, 0.717) is 24.9 Å². The summed E-state index contributed by atoms with van der Waals surface area (Å²) in [7, 11) is -3.69. The van der Waals surface area contributed by atoms with Crippen LogP contribution in [0.5, 0.6) is 0 Å². The second kappa shape index (κ2) is 7.46. The van der Waals surface area contributed by atoms with Crippen LogP contribution >= 0.6 is 11.3 Å². The lowest BCUT2D eigenvalue weighted by Gasteiger charge is -2.30. The van der Waals surface area contributed by atoms with Crippen molar-refractivity contribution in [1.82, 2.24) is 4.90 Å². The molecule has 1 fully saturated rings. The highest BCUT2D eigenvalue weighted by Crippen LogP contribution is 2.23. The summed E-state index contributed by atoms with van der Waals surface area (Å²) in [6.45, 7) is 0.660. The predicted octanol–water partition coefficient (Wildman–Crippen LogP) is 2.49. The zero-order valence-electron chi connectivity index (χ0n) is 13.8. The van der Waals surface area contributed by atoms with Crippen molar-refractivity contribution in [2.45, 2.75) is 17.1 Å². The molecule has 2 aromatic rings. The average molecular weight is 394 g/mol. The molecule has 9 heteroatoms. The van der Waals surface area contributed by atoms with E-state index in [1.165, 1.54) is 17.0 Å². The Labute approximate surface area is 155 Å². The summed E-state index contributed by atoms with van der Waals surface area (Å²) < 4.78 is 27.3. The third-order valence-corrected chi connectivity index (χ3v) is 6.96. The molecule has 1 aromatic carbocycles. The first-order valence-corrected chi connectivity index (χ1v) is 10.4. The van der Waals surface area contributed by atoms with Gasteiger partial charge in [-0.3, -0.25) is 14.3 Å². The maximum Gasteiger partial charge on any atom is 0.308 e. The molecule has 3 rings (SSSR count). The van der Waals surface area contributed by atoms with Crippen molar-refractivity contribution in [3.63, 3.8) is 0 Å². The Morgan fingerprint density at radius 1 is 1.23 bits per heavy atom. The summed E-state index contributed by atoms with van der Waals surface area (Å²) in [4.78, 5) is 25.3. The maximum absolute atomic E-state index is 12.7. The number of sulfonamides is 1. The van der Waals surface area contributed by atoms with Gasteiger partial charge < -0.3 is 10.0 Å². The molecule has 0 bridgehead atoms. The quantitative estimate of drug-likeness (QED) is 0.811. The molecular weight excluding hydrogens is 376 g/mol. The fraction of sp³-hybridized carbons (Fsp3) is 0.294. The van der Waals surface area contributed by atoms with E-state index in [1.54, 1.807) is 29.6 Å². The number of hydrogen-bond acceptors (Lipinski definition) is 5. The van der Waals surface area contributed by atoms with Gasteiger partial charge in [-0.05, 0) is 42.5 Å². The van der Waals surface area contributed by atoms with Gasteiger partial charge in [0.1, 0.15) is 4.21 Å². The molecular formula is C17H18N2O5S2. The number of carboxylic acid groups (broad SMARTS) is 1. The molecule has 2 N–H and O–H groups in total. The van der Waals surface area contributed by atoms with Gasteiger partial charge in [0.15, 0.2) is 0 Å². The topological polar surface area (TPSA) is 104 Å². The molecule has 1 atom stereocenters. The van der Waals surface area contributed by atoms with Gasteiger partial charge in [-0.15, -0.1) is 11.3 Å². The van der Waals surface area contributed by atoms with Crippen molar-refractivity contribution >= 4 is 38.9 Å². The highest BCUT2D eigenvalue weighted by molar-refractivity contribution is 7.94. The zero-order valence-corrected chi connectivity index (χ0v) is 15.4. The van der Waals surface area contributed by atoms with Crippen LogP contribution in [-0.2, 0) is 14.8 Å². The number of carbonyl (C=O) groups excluding carboxylic acids is 1. The number of hydrogen-bond donors (Lipinski definition) is 2. The van der Waals surface area contributed by atoms with E-state index in [2.05, 4.69) is 4.72 Å². The van der Waals surface area contributed by atoms with Crippen LogP contribution in [0.3, 0.4) is 0 Å². The molecule has 7 nitrogen and oxygen atoms in total. The number of carboxylic acids is 1. The van der Waals surface area contributed by atoms with Crippen LogP contribution in [0.25, 0.3) is 0 Å². The normalized spacial score (nSPS) is 17.7. The molecule has 1 aliphatic rings. The standard InChI is InChI=1S/C17H18N2O5S2/c20-16(19-8-2-5-13(11-19)17(21)22)12-4-1-6-14(10-12)18-26(23,24)15-7-3-9-25-15/h1,3-4,6-7,9-10,13,18H,2,5,8,11H2,(H,21,22). The molecule has 2 heterocycles. The molecule has 0 spiro atoms. The first-order chi connectivity index (χ1) is 12.4. The average Bonchev–Trinajstić information content (AvgIpc) is 3.17. The number of nitrogens with one attached hydrogen (secondary N) is 1. The lowest BCUT2D eigenvalue weighted by Crippen LogP contribution is -2.42. The Kier molecular flexibility index (Phi) is 5.28. The third-order valence-electron chi connectivity index (χ3n) is 4.18. The fourth-order valence-corrected chi connectivity index (χ4v) is 4.93. The van der Waals surface area contributed by atoms with Crippen LogP contribution in [0.15, 0.2) is 46.0 Å². The van der Waals surface area contributed by atoms with Gasteiger partial charge in [0.2, 0.25) is 0 Å². The van der Waals surface area contributed by atoms with E-state index in [-0.39, 0.29) is 22.3 Å². The summed E-state index contributed by atoms with van der Waals surface area (Å²) in [6, 6.07) is 9.38. The van der Waals surface area contributed by atoms with Gasteiger partial charge in [-0.1, -0.05) is 12.1 Å². The number of anilines is 1. The fourth-order valence-electron chi connectivity index (χ4n) is 2.88. The number of aliphatic carboxylic acids is 1. The van der Waals surface area contributed by atoms with Crippen LogP contribution in [0, 0.1) is 5.92 Å². The summed E-state index contributed by atoms with van der Waals surface area (Å²) >= 11 is 1.10. The highest BCUT2D eigenvalue weighted by atomic mass is 32.2. The van der Waals surface area contributed by atoms with E-state index in [0.717, 1.165) is 11.3 Å². The molecule has 0 radical (unpaired) electrons. The van der Waals surface area contributed by atoms with Gasteiger partial charge in [-0.25, -0.2) is 8.42 Å². The summed E-state index contributed by atoms with van der Waals surface area (Å²) in [6.07, 6.45) is 1.19. The number of carbonyl (C=O) groups is 2. The first-order valence-electron chi connectivity index (χ1n) is 8.05. The van der Waals surface area contributed by atoms with Crippen LogP contribution in [-0.4, -0.2) is 43.4 Å². The summed E-state index contributed by atoms with van der Waals surface area (Å²) in [5, 5.41) is 10.8. The van der Waals surface area contributed by atoms with Crippen molar-refractivity contribution in [2.75, 3.05) is 17.8 Å². The van der Waals surface area contributed by atoms with Crippen molar-refractivity contribution in [2.24, 2.45) is 5.92 Å². The SMILES string of the molecule is O=C(O)C1CCCN(C(=O)c2cccc(NS(=O)(=O)c3cccs3)c2)C1. The van der Waals surface area contributed by atoms with Gasteiger partial charge >= 0.3 is 5.97 Å². The molecule has 1 saturated heterocycles. The number of piperidine rings is 1. The van der Waals surface area contributed by atoms with Crippen molar-refractivity contribution in [3.05, 3.63) is 47.3 Å². The van der Waals surface area contributed by atoms with Crippen molar-refractivity contribution < 1.29 is 23.1 Å². The molecule has 1 amide bonds. The van der Waals surface area contributed by atoms with E-state index in [9.17, 15) is 18.0 Å². The monoisotopic (exact) mass is 394 g/mol. The zero-order chi connectivity index (χ0) is 18.7. The number of nitrogens with zero attached hydrogens (tertiary/aromatic N) is 1. The molecule has 1 aliphatic heterocycles. The van der Waals surface area contributed by atoms with Gasteiger partial charge in [0.05, 0.1) is 5.92 Å². The highest BCUT2D eigenvalue weighted by Gasteiger charge is 2.28. The lowest BCUT2D eigenvalue weighted by atomic mass is 9.97. The minimum absolute atomic E-state index is 0.166. The van der Waals surface area contributed by atoms with Crippen molar-refractivity contribution in [1.29, 1.82) is 0 Å². The molecule has 1 unspecified atom stereocenters. The Morgan fingerprint density at radius 2 is 2.04 bits per heavy atom. The van der Waals surface area contributed by atoms with Gasteiger partial charge in [0.25, 0.3) is 15.9 Å². The van der Waals surface area contributed by atoms with Crippen LogP contribution in [0.1, 0.15) is 23.2 Å². The smallest absolute Gasteiger partial charge is 0.308 e. The Bertz CT molecular complexity index is 909. The van der Waals surface area contributed by atoms with E-state index < -0.39 is 21.9 Å².